The molecule has 0 bridgehead atoms. The van der Waals surface area contributed by atoms with Gasteiger partial charge in [-0.3, -0.25) is 0 Å². The van der Waals surface area contributed by atoms with Crippen molar-refractivity contribution in [3.05, 3.63) is 5.82 Å². The highest BCUT2D eigenvalue weighted by atomic mass is 16.3. The number of hydrogen-bond donors (Lipinski definition) is 2. The van der Waals surface area contributed by atoms with Crippen molar-refractivity contribution in [1.82, 2.24) is 20.2 Å². The van der Waals surface area contributed by atoms with E-state index >= 15 is 0 Å². The van der Waals surface area contributed by atoms with E-state index in [9.17, 15) is 10.2 Å². The standard InChI is InChI=1S/C7H14N4O2/c1-3-5(12)6(13)4-7-8-10-11(2)9-7/h5-6,12-13H,3-4H2,1-2H3. The van der Waals surface area contributed by atoms with Crippen molar-refractivity contribution in [2.75, 3.05) is 0 Å². The Kier molecular flexibility index (Phi) is 3.32. The van der Waals surface area contributed by atoms with Crippen molar-refractivity contribution in [2.24, 2.45) is 7.05 Å². The Labute approximate surface area is 76.2 Å². The van der Waals surface area contributed by atoms with Gasteiger partial charge in [-0.15, -0.1) is 10.2 Å². The zero-order chi connectivity index (χ0) is 9.84. The number of aromatic nitrogens is 4. The molecule has 0 saturated carbocycles. The molecule has 1 rings (SSSR count). The van der Waals surface area contributed by atoms with Gasteiger partial charge in [0.05, 0.1) is 19.3 Å². The first-order valence-corrected chi connectivity index (χ1v) is 4.22. The van der Waals surface area contributed by atoms with E-state index in [0.717, 1.165) is 0 Å². The molecule has 2 N–H and O–H groups in total. The maximum Gasteiger partial charge on any atom is 0.177 e. The van der Waals surface area contributed by atoms with Gasteiger partial charge in [0, 0.05) is 6.42 Å². The van der Waals surface area contributed by atoms with Crippen LogP contribution in [-0.4, -0.2) is 42.6 Å². The van der Waals surface area contributed by atoms with Crippen LogP contribution in [0.5, 0.6) is 0 Å². The second-order valence-corrected chi connectivity index (χ2v) is 2.94. The molecule has 0 amide bonds. The normalized spacial score (nSPS) is 15.7. The van der Waals surface area contributed by atoms with Crippen LogP contribution in [0, 0.1) is 0 Å². The van der Waals surface area contributed by atoms with Gasteiger partial charge in [-0.1, -0.05) is 6.92 Å². The van der Waals surface area contributed by atoms with Crippen molar-refractivity contribution in [2.45, 2.75) is 32.0 Å². The Morgan fingerprint density at radius 1 is 1.38 bits per heavy atom. The summed E-state index contributed by atoms with van der Waals surface area (Å²) in [6, 6.07) is 0. The fourth-order valence-corrected chi connectivity index (χ4v) is 1.00. The maximum atomic E-state index is 9.41. The summed E-state index contributed by atoms with van der Waals surface area (Å²) in [4.78, 5) is 1.32. The Hall–Kier alpha value is -1.01. The van der Waals surface area contributed by atoms with E-state index in [1.807, 2.05) is 0 Å². The molecule has 6 heteroatoms. The second kappa shape index (κ2) is 4.29. The van der Waals surface area contributed by atoms with Crippen LogP contribution < -0.4 is 0 Å². The van der Waals surface area contributed by atoms with Gasteiger partial charge in [-0.05, 0) is 11.6 Å². The molecule has 74 valence electrons. The molecule has 0 aliphatic carbocycles. The summed E-state index contributed by atoms with van der Waals surface area (Å²) >= 11 is 0. The second-order valence-electron chi connectivity index (χ2n) is 2.94. The summed E-state index contributed by atoms with van der Waals surface area (Å²) in [6.45, 7) is 1.80. The highest BCUT2D eigenvalue weighted by molar-refractivity contribution is 4.83. The molecular formula is C7H14N4O2. The van der Waals surface area contributed by atoms with Gasteiger partial charge in [0.2, 0.25) is 0 Å². The molecule has 1 aromatic rings. The van der Waals surface area contributed by atoms with Crippen LogP contribution in [-0.2, 0) is 13.5 Å². The topological polar surface area (TPSA) is 84.1 Å². The predicted octanol–water partition coefficient (Wildman–Crippen LogP) is -1.12. The Morgan fingerprint density at radius 3 is 2.54 bits per heavy atom. The monoisotopic (exact) mass is 186 g/mol. The lowest BCUT2D eigenvalue weighted by Gasteiger charge is -2.13. The molecule has 0 aliphatic rings. The van der Waals surface area contributed by atoms with Gasteiger partial charge < -0.3 is 10.2 Å². The van der Waals surface area contributed by atoms with E-state index in [-0.39, 0.29) is 6.42 Å². The Balaban J connectivity index is 2.49. The molecule has 0 saturated heterocycles. The van der Waals surface area contributed by atoms with Crippen LogP contribution in [0.15, 0.2) is 0 Å². The van der Waals surface area contributed by atoms with Gasteiger partial charge >= 0.3 is 0 Å². The molecule has 2 unspecified atom stereocenters. The molecule has 0 spiro atoms. The van der Waals surface area contributed by atoms with Gasteiger partial charge in [-0.25, -0.2) is 0 Å². The summed E-state index contributed by atoms with van der Waals surface area (Å²) in [5.41, 5.74) is 0. The van der Waals surface area contributed by atoms with Crippen LogP contribution in [0.2, 0.25) is 0 Å². The molecule has 13 heavy (non-hydrogen) atoms. The number of hydrogen-bond acceptors (Lipinski definition) is 5. The molecular weight excluding hydrogens is 172 g/mol. The van der Waals surface area contributed by atoms with Gasteiger partial charge in [0.25, 0.3) is 0 Å². The summed E-state index contributed by atoms with van der Waals surface area (Å²) in [7, 11) is 1.65. The van der Waals surface area contributed by atoms with E-state index in [1.165, 1.54) is 4.80 Å². The van der Waals surface area contributed by atoms with Crippen LogP contribution >= 0.6 is 0 Å². The summed E-state index contributed by atoms with van der Waals surface area (Å²) in [5.74, 6) is 0.447. The molecule has 0 radical (unpaired) electrons. The van der Waals surface area contributed by atoms with E-state index in [2.05, 4.69) is 15.4 Å². The third-order valence-corrected chi connectivity index (χ3v) is 1.80. The number of aliphatic hydroxyl groups is 2. The van der Waals surface area contributed by atoms with Crippen LogP contribution in [0.25, 0.3) is 0 Å². The lowest BCUT2D eigenvalue weighted by molar-refractivity contribution is 0.0170. The zero-order valence-electron chi connectivity index (χ0n) is 7.75. The first-order valence-electron chi connectivity index (χ1n) is 4.22. The lowest BCUT2D eigenvalue weighted by Crippen LogP contribution is -2.27. The first kappa shape index (κ1) is 10.1. The smallest absolute Gasteiger partial charge is 0.177 e. The van der Waals surface area contributed by atoms with Crippen molar-refractivity contribution in [3.63, 3.8) is 0 Å². The maximum absolute atomic E-state index is 9.41. The number of aliphatic hydroxyl groups excluding tert-OH is 2. The molecule has 6 nitrogen and oxygen atoms in total. The number of nitrogens with zero attached hydrogens (tertiary/aromatic N) is 4. The summed E-state index contributed by atoms with van der Waals surface area (Å²) in [6.07, 6.45) is -0.775. The lowest BCUT2D eigenvalue weighted by atomic mass is 10.1. The first-order chi connectivity index (χ1) is 6.13. The van der Waals surface area contributed by atoms with E-state index < -0.39 is 12.2 Å². The van der Waals surface area contributed by atoms with Crippen molar-refractivity contribution >= 4 is 0 Å². The highest BCUT2D eigenvalue weighted by Crippen LogP contribution is 2.03. The molecule has 0 fully saturated rings. The van der Waals surface area contributed by atoms with Gasteiger partial charge in [0.15, 0.2) is 5.82 Å². The van der Waals surface area contributed by atoms with Crippen LogP contribution in [0.1, 0.15) is 19.2 Å². The minimum absolute atomic E-state index is 0.239. The van der Waals surface area contributed by atoms with E-state index in [4.69, 9.17) is 0 Å². The van der Waals surface area contributed by atoms with Crippen molar-refractivity contribution < 1.29 is 10.2 Å². The average Bonchev–Trinajstić information content (AvgIpc) is 2.49. The molecule has 0 aromatic carbocycles. The van der Waals surface area contributed by atoms with Crippen molar-refractivity contribution in [1.29, 1.82) is 0 Å². The van der Waals surface area contributed by atoms with E-state index in [0.29, 0.717) is 12.2 Å². The number of tetrazole rings is 1. The quantitative estimate of drug-likeness (QED) is 0.622. The van der Waals surface area contributed by atoms with Gasteiger partial charge in [-0.2, -0.15) is 4.80 Å². The van der Waals surface area contributed by atoms with Crippen LogP contribution in [0.4, 0.5) is 0 Å². The third-order valence-electron chi connectivity index (χ3n) is 1.80. The summed E-state index contributed by atoms with van der Waals surface area (Å²) in [5, 5.41) is 29.9. The Morgan fingerprint density at radius 2 is 2.08 bits per heavy atom. The van der Waals surface area contributed by atoms with Crippen molar-refractivity contribution in [3.8, 4) is 0 Å². The van der Waals surface area contributed by atoms with E-state index in [1.54, 1.807) is 14.0 Å². The number of rotatable bonds is 4. The predicted molar refractivity (Wildman–Crippen MR) is 44.8 cm³/mol. The molecule has 1 heterocycles. The minimum Gasteiger partial charge on any atom is -0.390 e. The molecule has 1 aromatic heterocycles. The summed E-state index contributed by atoms with van der Waals surface area (Å²) < 4.78 is 0. The minimum atomic E-state index is -0.811. The number of aryl methyl sites for hydroxylation is 1. The Bertz CT molecular complexity index is 263. The molecule has 2 atom stereocenters. The average molecular weight is 186 g/mol. The third kappa shape index (κ3) is 2.74. The fraction of sp³-hybridized carbons (Fsp3) is 0.857. The highest BCUT2D eigenvalue weighted by Gasteiger charge is 2.16. The SMILES string of the molecule is CCC(O)C(O)Cc1nnn(C)n1. The fourth-order valence-electron chi connectivity index (χ4n) is 1.00. The van der Waals surface area contributed by atoms with Crippen LogP contribution in [0.3, 0.4) is 0 Å². The largest absolute Gasteiger partial charge is 0.390 e. The van der Waals surface area contributed by atoms with Gasteiger partial charge in [0.1, 0.15) is 0 Å². The zero-order valence-corrected chi connectivity index (χ0v) is 7.75. The molecule has 0 aliphatic heterocycles.